The number of rotatable bonds is 4. The zero-order chi connectivity index (χ0) is 19.1. The summed E-state index contributed by atoms with van der Waals surface area (Å²) < 4.78 is 0. The fourth-order valence-corrected chi connectivity index (χ4v) is 4.76. The molecule has 1 saturated carbocycles. The monoisotopic (exact) mass is 369 g/mol. The number of hydrogen-bond acceptors (Lipinski definition) is 3. The highest BCUT2D eigenvalue weighted by Crippen LogP contribution is 2.48. The predicted octanol–water partition coefficient (Wildman–Crippen LogP) is 1.68. The van der Waals surface area contributed by atoms with Gasteiger partial charge in [0.25, 0.3) is 0 Å². The molecule has 0 radical (unpaired) electrons. The molecule has 3 aliphatic rings. The molecule has 144 valence electrons. The van der Waals surface area contributed by atoms with Gasteiger partial charge in [-0.15, -0.1) is 0 Å². The fraction of sp³-hybridized carbons (Fsp3) is 0.571. The van der Waals surface area contributed by atoms with Gasteiger partial charge >= 0.3 is 0 Å². The molecule has 0 unspecified atom stereocenters. The lowest BCUT2D eigenvalue weighted by Crippen LogP contribution is -2.56. The Morgan fingerprint density at radius 2 is 1.78 bits per heavy atom. The van der Waals surface area contributed by atoms with E-state index in [1.54, 1.807) is 0 Å². The first-order valence-corrected chi connectivity index (χ1v) is 9.85. The fourth-order valence-electron chi connectivity index (χ4n) is 4.76. The number of hydrogen-bond donors (Lipinski definition) is 1. The molecule has 0 aromatic heterocycles. The molecule has 2 heterocycles. The van der Waals surface area contributed by atoms with Crippen LogP contribution in [-0.4, -0.2) is 47.2 Å². The van der Waals surface area contributed by atoms with Gasteiger partial charge in [-0.25, -0.2) is 0 Å². The lowest BCUT2D eigenvalue weighted by molar-refractivity contribution is -0.149. The van der Waals surface area contributed by atoms with E-state index in [-0.39, 0.29) is 17.2 Å². The first-order valence-electron chi connectivity index (χ1n) is 9.85. The number of nitrogens with two attached hydrogens (primary N) is 1. The Morgan fingerprint density at radius 1 is 1.04 bits per heavy atom. The quantitative estimate of drug-likeness (QED) is 0.820. The molecule has 1 spiro atoms. The molecule has 6 nitrogen and oxygen atoms in total. The van der Waals surface area contributed by atoms with Gasteiger partial charge in [0.2, 0.25) is 17.7 Å². The van der Waals surface area contributed by atoms with Crippen LogP contribution in [0, 0.1) is 10.8 Å². The number of carbonyl (C=O) groups is 3. The van der Waals surface area contributed by atoms with Gasteiger partial charge < -0.3 is 15.5 Å². The largest absolute Gasteiger partial charge is 0.369 e. The standard InChI is InChI=1S/C21H27N3O3/c22-18(26)21(10-11-21)19(27)23-12-4-8-20(14-23)9-7-17(25)24(15-20)13-16-5-2-1-3-6-16/h1-3,5-6H,4,7-15H2,(H2,22,26)/t20-/m1/s1. The van der Waals surface area contributed by atoms with E-state index in [0.717, 1.165) is 24.8 Å². The minimum absolute atomic E-state index is 0.0652. The molecule has 27 heavy (non-hydrogen) atoms. The molecular weight excluding hydrogens is 342 g/mol. The van der Waals surface area contributed by atoms with Crippen molar-refractivity contribution in [3.05, 3.63) is 35.9 Å². The van der Waals surface area contributed by atoms with E-state index >= 15 is 0 Å². The summed E-state index contributed by atoms with van der Waals surface area (Å²) >= 11 is 0. The van der Waals surface area contributed by atoms with Crippen LogP contribution in [-0.2, 0) is 20.9 Å². The van der Waals surface area contributed by atoms with Crippen LogP contribution in [0.1, 0.15) is 44.1 Å². The van der Waals surface area contributed by atoms with Crippen molar-refractivity contribution in [2.24, 2.45) is 16.6 Å². The summed E-state index contributed by atoms with van der Waals surface area (Å²) in [6, 6.07) is 10.0. The Balaban J connectivity index is 1.48. The number of nitrogens with zero attached hydrogens (tertiary/aromatic N) is 2. The Labute approximate surface area is 159 Å². The summed E-state index contributed by atoms with van der Waals surface area (Å²) in [5, 5.41) is 0. The van der Waals surface area contributed by atoms with E-state index in [9.17, 15) is 14.4 Å². The highest BCUT2D eigenvalue weighted by molar-refractivity contribution is 6.07. The molecule has 3 fully saturated rings. The molecule has 0 bridgehead atoms. The minimum Gasteiger partial charge on any atom is -0.369 e. The van der Waals surface area contributed by atoms with Crippen molar-refractivity contribution in [2.45, 2.75) is 45.1 Å². The zero-order valence-electron chi connectivity index (χ0n) is 15.7. The highest BCUT2D eigenvalue weighted by Gasteiger charge is 2.58. The zero-order valence-corrected chi connectivity index (χ0v) is 15.7. The van der Waals surface area contributed by atoms with E-state index in [1.165, 1.54) is 0 Å². The summed E-state index contributed by atoms with van der Waals surface area (Å²) in [4.78, 5) is 41.0. The van der Waals surface area contributed by atoms with Crippen LogP contribution in [0.2, 0.25) is 0 Å². The van der Waals surface area contributed by atoms with Crippen molar-refractivity contribution in [1.29, 1.82) is 0 Å². The summed E-state index contributed by atoms with van der Waals surface area (Å²) in [6.07, 6.45) is 4.40. The topological polar surface area (TPSA) is 83.7 Å². The van der Waals surface area contributed by atoms with Crippen molar-refractivity contribution < 1.29 is 14.4 Å². The second kappa shape index (κ2) is 6.66. The van der Waals surface area contributed by atoms with Gasteiger partial charge in [0, 0.05) is 38.0 Å². The lowest BCUT2D eigenvalue weighted by atomic mass is 9.73. The van der Waals surface area contributed by atoms with Gasteiger partial charge in [-0.3, -0.25) is 14.4 Å². The lowest BCUT2D eigenvalue weighted by Gasteiger charge is -2.48. The normalized spacial score (nSPS) is 26.9. The van der Waals surface area contributed by atoms with Crippen molar-refractivity contribution >= 4 is 17.7 Å². The first-order chi connectivity index (χ1) is 12.9. The summed E-state index contributed by atoms with van der Waals surface area (Å²) in [7, 11) is 0. The van der Waals surface area contributed by atoms with Gasteiger partial charge in [0.05, 0.1) is 0 Å². The maximum atomic E-state index is 12.9. The Kier molecular flexibility index (Phi) is 4.44. The Morgan fingerprint density at radius 3 is 2.44 bits per heavy atom. The van der Waals surface area contributed by atoms with E-state index in [1.807, 2.05) is 40.1 Å². The number of carbonyl (C=O) groups excluding carboxylic acids is 3. The van der Waals surface area contributed by atoms with E-state index in [4.69, 9.17) is 5.73 Å². The third-order valence-corrected chi connectivity index (χ3v) is 6.54. The summed E-state index contributed by atoms with van der Waals surface area (Å²) in [5.41, 5.74) is 5.60. The van der Waals surface area contributed by atoms with Crippen LogP contribution < -0.4 is 5.73 Å². The molecule has 1 atom stereocenters. The number of primary amides is 1. The van der Waals surface area contributed by atoms with Crippen LogP contribution in [0.4, 0.5) is 0 Å². The smallest absolute Gasteiger partial charge is 0.238 e. The van der Waals surface area contributed by atoms with E-state index in [0.29, 0.717) is 45.4 Å². The first kappa shape index (κ1) is 18.0. The van der Waals surface area contributed by atoms with Crippen LogP contribution >= 0.6 is 0 Å². The van der Waals surface area contributed by atoms with Crippen molar-refractivity contribution in [3.63, 3.8) is 0 Å². The van der Waals surface area contributed by atoms with E-state index < -0.39 is 11.3 Å². The number of benzene rings is 1. The molecule has 1 aromatic rings. The maximum absolute atomic E-state index is 12.9. The third kappa shape index (κ3) is 3.33. The number of amides is 3. The van der Waals surface area contributed by atoms with Crippen molar-refractivity contribution in [1.82, 2.24) is 9.80 Å². The van der Waals surface area contributed by atoms with Crippen LogP contribution in [0.15, 0.2) is 30.3 Å². The molecule has 3 amide bonds. The molecule has 1 aliphatic carbocycles. The van der Waals surface area contributed by atoms with Gasteiger partial charge in [0.1, 0.15) is 5.41 Å². The number of likely N-dealkylation sites (tertiary alicyclic amines) is 2. The average molecular weight is 369 g/mol. The van der Waals surface area contributed by atoms with Gasteiger partial charge in [-0.05, 0) is 37.7 Å². The SMILES string of the molecule is NC(=O)C1(C(=O)N2CCC[C@@]3(CCC(=O)N(Cc4ccccc4)C3)C2)CC1. The summed E-state index contributed by atoms with van der Waals surface area (Å²) in [6.45, 7) is 2.59. The number of piperidine rings is 2. The minimum atomic E-state index is -0.952. The Bertz CT molecular complexity index is 759. The van der Waals surface area contributed by atoms with Gasteiger partial charge in [-0.2, -0.15) is 0 Å². The van der Waals surface area contributed by atoms with E-state index in [2.05, 4.69) is 0 Å². The second-order valence-corrected chi connectivity index (χ2v) is 8.51. The molecule has 2 saturated heterocycles. The molecule has 6 heteroatoms. The molecular formula is C21H27N3O3. The highest BCUT2D eigenvalue weighted by atomic mass is 16.2. The van der Waals surface area contributed by atoms with Crippen LogP contribution in [0.5, 0.6) is 0 Å². The Hall–Kier alpha value is -2.37. The second-order valence-electron chi connectivity index (χ2n) is 8.51. The molecule has 4 rings (SSSR count). The van der Waals surface area contributed by atoms with Crippen LogP contribution in [0.3, 0.4) is 0 Å². The predicted molar refractivity (Wildman–Crippen MR) is 100 cm³/mol. The maximum Gasteiger partial charge on any atom is 0.238 e. The van der Waals surface area contributed by atoms with Gasteiger partial charge in [-0.1, -0.05) is 30.3 Å². The average Bonchev–Trinajstić information content (AvgIpc) is 3.47. The molecule has 2 aliphatic heterocycles. The molecule has 1 aromatic carbocycles. The van der Waals surface area contributed by atoms with Gasteiger partial charge in [0.15, 0.2) is 0 Å². The van der Waals surface area contributed by atoms with Crippen molar-refractivity contribution in [2.75, 3.05) is 19.6 Å². The summed E-state index contributed by atoms with van der Waals surface area (Å²) in [5.74, 6) is -0.402. The van der Waals surface area contributed by atoms with Crippen LogP contribution in [0.25, 0.3) is 0 Å². The third-order valence-electron chi connectivity index (χ3n) is 6.54. The molecule has 2 N–H and O–H groups in total. The van der Waals surface area contributed by atoms with Crippen molar-refractivity contribution in [3.8, 4) is 0 Å².